The van der Waals surface area contributed by atoms with Crippen molar-refractivity contribution < 1.29 is 14.6 Å². The summed E-state index contributed by atoms with van der Waals surface area (Å²) in [4.78, 5) is 0. The van der Waals surface area contributed by atoms with Gasteiger partial charge < -0.3 is 14.6 Å². The molecule has 4 aromatic rings. The Morgan fingerprint density at radius 2 is 1.49 bits per heavy atom. The molecule has 1 saturated heterocycles. The van der Waals surface area contributed by atoms with Gasteiger partial charge in [-0.2, -0.15) is 0 Å². The molecule has 0 unspecified atom stereocenters. The summed E-state index contributed by atoms with van der Waals surface area (Å²) < 4.78 is 12.0. The quantitative estimate of drug-likeness (QED) is 0.305. The average Bonchev–Trinajstić information content (AvgIpc) is 2.95. The molecule has 0 bridgehead atoms. The highest BCUT2D eigenvalue weighted by molar-refractivity contribution is 5.79. The molecule has 3 atom stereocenters. The molecule has 1 N–H and O–H groups in total. The summed E-state index contributed by atoms with van der Waals surface area (Å²) in [5.74, 6) is 0.836. The van der Waals surface area contributed by atoms with E-state index in [-0.39, 0.29) is 11.8 Å². The molecule has 0 aromatic heterocycles. The van der Waals surface area contributed by atoms with Crippen LogP contribution in [0.3, 0.4) is 0 Å². The van der Waals surface area contributed by atoms with Crippen LogP contribution in [0.25, 0.3) is 5.57 Å². The highest BCUT2D eigenvalue weighted by Crippen LogP contribution is 2.56. The van der Waals surface area contributed by atoms with Gasteiger partial charge >= 0.3 is 0 Å². The molecule has 0 amide bonds. The van der Waals surface area contributed by atoms with E-state index in [0.717, 1.165) is 45.6 Å². The lowest BCUT2D eigenvalue weighted by atomic mass is 9.55. The van der Waals surface area contributed by atoms with E-state index in [9.17, 15) is 5.11 Å². The third-order valence-corrected chi connectivity index (χ3v) is 7.63. The van der Waals surface area contributed by atoms with Crippen molar-refractivity contribution in [1.29, 1.82) is 0 Å². The molecule has 3 nitrogen and oxygen atoms in total. The largest absolute Gasteiger partial charge is 0.489 e. The topological polar surface area (TPSA) is 38.7 Å². The van der Waals surface area contributed by atoms with Crippen molar-refractivity contribution >= 4 is 5.57 Å². The third-order valence-electron chi connectivity index (χ3n) is 7.63. The van der Waals surface area contributed by atoms with Gasteiger partial charge in [0.15, 0.2) is 0 Å². The number of fused-ring (bicyclic) bond motifs is 1. The van der Waals surface area contributed by atoms with E-state index in [1.165, 1.54) is 0 Å². The van der Waals surface area contributed by atoms with Crippen LogP contribution in [0.15, 0.2) is 127 Å². The maximum atomic E-state index is 12.2. The van der Waals surface area contributed by atoms with Crippen molar-refractivity contribution in [3.05, 3.63) is 149 Å². The van der Waals surface area contributed by atoms with Gasteiger partial charge in [0, 0.05) is 23.0 Å². The smallest absolute Gasteiger partial charge is 0.120 e. The van der Waals surface area contributed by atoms with Crippen molar-refractivity contribution in [2.75, 3.05) is 13.2 Å². The zero-order valence-electron chi connectivity index (χ0n) is 20.7. The predicted octanol–water partition coefficient (Wildman–Crippen LogP) is 6.79. The maximum absolute atomic E-state index is 12.2. The van der Waals surface area contributed by atoms with Gasteiger partial charge in [-0.3, -0.25) is 0 Å². The van der Waals surface area contributed by atoms with Crippen molar-refractivity contribution in [3.63, 3.8) is 0 Å². The fourth-order valence-corrected chi connectivity index (χ4v) is 5.60. The van der Waals surface area contributed by atoms with Gasteiger partial charge in [0.05, 0.1) is 13.2 Å². The Bertz CT molecular complexity index is 1380. The van der Waals surface area contributed by atoms with Crippen LogP contribution in [0.4, 0.5) is 0 Å². The van der Waals surface area contributed by atoms with Gasteiger partial charge in [-0.15, -0.1) is 5.73 Å². The molecule has 0 spiro atoms. The Kier molecular flexibility index (Phi) is 6.51. The van der Waals surface area contributed by atoms with E-state index < -0.39 is 5.60 Å². The Morgan fingerprint density at radius 1 is 0.838 bits per heavy atom. The zero-order chi connectivity index (χ0) is 25.1. The van der Waals surface area contributed by atoms with Crippen LogP contribution in [-0.2, 0) is 11.3 Å². The molecule has 2 aliphatic rings. The minimum Gasteiger partial charge on any atom is -0.489 e. The Balaban J connectivity index is 1.36. The van der Waals surface area contributed by atoms with E-state index >= 15 is 0 Å². The summed E-state index contributed by atoms with van der Waals surface area (Å²) in [6.07, 6.45) is 0.871. The van der Waals surface area contributed by atoms with Crippen molar-refractivity contribution in [2.45, 2.75) is 24.5 Å². The van der Waals surface area contributed by atoms with Crippen LogP contribution >= 0.6 is 0 Å². The first-order valence-corrected chi connectivity index (χ1v) is 12.9. The number of hydrogen-bond donors (Lipinski definition) is 1. The standard InChI is InChI=1S/C34H30O3/c35-34-29(20-32(26-13-6-2-7-14-26)27-15-8-3-9-16-27)23-36-24-30(34)21-33(34)28-17-10-18-31(19-28)37-22-25-11-4-1-5-12-25/h1-19,30,33,35H,21-24H2/t30-,33+,34-/m0/s1. The van der Waals surface area contributed by atoms with Crippen molar-refractivity contribution in [1.82, 2.24) is 0 Å². The second-order valence-electron chi connectivity index (χ2n) is 9.88. The number of benzene rings is 4. The van der Waals surface area contributed by atoms with Gasteiger partial charge in [0.1, 0.15) is 18.0 Å². The van der Waals surface area contributed by atoms with Crippen LogP contribution in [-0.4, -0.2) is 23.9 Å². The molecule has 6 rings (SSSR count). The lowest BCUT2D eigenvalue weighted by Crippen LogP contribution is -2.60. The van der Waals surface area contributed by atoms with E-state index in [2.05, 4.69) is 54.3 Å². The third kappa shape index (κ3) is 4.65. The fourth-order valence-electron chi connectivity index (χ4n) is 5.60. The molecule has 1 aliphatic heterocycles. The molecule has 2 fully saturated rings. The number of rotatable bonds is 6. The molecule has 4 aromatic carbocycles. The van der Waals surface area contributed by atoms with Gasteiger partial charge in [-0.25, -0.2) is 0 Å². The van der Waals surface area contributed by atoms with Gasteiger partial charge in [-0.1, -0.05) is 103 Å². The Labute approximate surface area is 218 Å². The van der Waals surface area contributed by atoms with Crippen LogP contribution in [0.2, 0.25) is 0 Å². The monoisotopic (exact) mass is 486 g/mol. The summed E-state index contributed by atoms with van der Waals surface area (Å²) >= 11 is 0. The maximum Gasteiger partial charge on any atom is 0.120 e. The van der Waals surface area contributed by atoms with E-state index in [1.807, 2.05) is 66.7 Å². The molecule has 1 saturated carbocycles. The van der Waals surface area contributed by atoms with E-state index in [4.69, 9.17) is 9.47 Å². The minimum atomic E-state index is -0.995. The number of hydrogen-bond acceptors (Lipinski definition) is 3. The van der Waals surface area contributed by atoms with Crippen molar-refractivity contribution in [2.24, 2.45) is 5.92 Å². The van der Waals surface area contributed by atoms with Crippen LogP contribution < -0.4 is 4.74 Å². The number of aliphatic hydroxyl groups is 1. The molecule has 1 heterocycles. The lowest BCUT2D eigenvalue weighted by Gasteiger charge is -2.55. The van der Waals surface area contributed by atoms with Crippen LogP contribution in [0.1, 0.15) is 34.6 Å². The Morgan fingerprint density at radius 3 is 2.16 bits per heavy atom. The van der Waals surface area contributed by atoms with Gasteiger partial charge in [0.2, 0.25) is 0 Å². The lowest BCUT2D eigenvalue weighted by molar-refractivity contribution is -0.146. The summed E-state index contributed by atoms with van der Waals surface area (Å²) in [6, 6.07) is 38.9. The Hall–Kier alpha value is -3.88. The highest BCUT2D eigenvalue weighted by Gasteiger charge is 2.58. The van der Waals surface area contributed by atoms with Gasteiger partial charge in [0.25, 0.3) is 0 Å². The molecule has 1 aliphatic carbocycles. The first-order chi connectivity index (χ1) is 18.2. The second-order valence-corrected chi connectivity index (χ2v) is 9.88. The summed E-state index contributed by atoms with van der Waals surface area (Å²) in [7, 11) is 0. The summed E-state index contributed by atoms with van der Waals surface area (Å²) in [6.45, 7) is 1.45. The second kappa shape index (κ2) is 10.2. The van der Waals surface area contributed by atoms with E-state index in [0.29, 0.717) is 19.8 Å². The average molecular weight is 487 g/mol. The first-order valence-electron chi connectivity index (χ1n) is 12.9. The minimum absolute atomic E-state index is 0.0306. The van der Waals surface area contributed by atoms with Crippen molar-refractivity contribution in [3.8, 4) is 5.75 Å². The normalized spacial score (nSPS) is 22.4. The van der Waals surface area contributed by atoms with Crippen LogP contribution in [0.5, 0.6) is 5.75 Å². The van der Waals surface area contributed by atoms with Crippen LogP contribution in [0, 0.1) is 5.92 Å². The predicted molar refractivity (Wildman–Crippen MR) is 146 cm³/mol. The molecular weight excluding hydrogens is 456 g/mol. The molecular formula is C34H30O3. The zero-order valence-corrected chi connectivity index (χ0v) is 20.7. The highest BCUT2D eigenvalue weighted by atomic mass is 16.5. The van der Waals surface area contributed by atoms with Gasteiger partial charge in [-0.05, 0) is 40.8 Å². The molecule has 3 heteroatoms. The first kappa shape index (κ1) is 23.5. The molecule has 184 valence electrons. The SMILES string of the molecule is O[C@@]12C(=C=C(c3ccccc3)c3ccccc3)COC[C@@H]1C[C@@H]2c1cccc(OCc2ccccc2)c1. The fraction of sp³-hybridized carbons (Fsp3) is 0.206. The summed E-state index contributed by atoms with van der Waals surface area (Å²) in [5.41, 5.74) is 8.80. The summed E-state index contributed by atoms with van der Waals surface area (Å²) in [5, 5.41) is 12.2. The molecule has 0 radical (unpaired) electrons. The molecule has 37 heavy (non-hydrogen) atoms. The number of ether oxygens (including phenoxy) is 2. The van der Waals surface area contributed by atoms with E-state index in [1.54, 1.807) is 0 Å².